The van der Waals surface area contributed by atoms with Crippen LogP contribution >= 0.6 is 0 Å². The third-order valence-electron chi connectivity index (χ3n) is 6.21. The van der Waals surface area contributed by atoms with Gasteiger partial charge in [-0.05, 0) is 37.8 Å². The summed E-state index contributed by atoms with van der Waals surface area (Å²) in [6.45, 7) is 11.9. The Morgan fingerprint density at radius 2 is 1.76 bits per heavy atom. The molecule has 0 aliphatic carbocycles. The number of benzene rings is 1. The van der Waals surface area contributed by atoms with Gasteiger partial charge in [0.15, 0.2) is 5.82 Å². The number of hydrogen-bond acceptors (Lipinski definition) is 5. The van der Waals surface area contributed by atoms with E-state index in [4.69, 9.17) is 0 Å². The molecule has 1 fully saturated rings. The molecule has 0 atom stereocenters. The normalized spacial score (nSPS) is 14.3. The Morgan fingerprint density at radius 3 is 2.41 bits per heavy atom. The fourth-order valence-corrected chi connectivity index (χ4v) is 4.15. The number of aromatic nitrogens is 2. The first kappa shape index (κ1) is 25.7. The van der Waals surface area contributed by atoms with Crippen LogP contribution in [0.4, 0.5) is 5.82 Å². The van der Waals surface area contributed by atoms with E-state index in [1.807, 2.05) is 30.9 Å². The Bertz CT molecular complexity index is 927. The number of aryl methyl sites for hydroxylation is 1. The van der Waals surface area contributed by atoms with Crippen LogP contribution in [0.2, 0.25) is 0 Å². The Balaban J connectivity index is 1.58. The highest BCUT2D eigenvalue weighted by Gasteiger charge is 2.24. The summed E-state index contributed by atoms with van der Waals surface area (Å²) in [5, 5.41) is 8.90. The predicted octanol–water partition coefficient (Wildman–Crippen LogP) is 4.17. The number of rotatable bonds is 9. The maximum Gasteiger partial charge on any atom is 0.242 e. The lowest BCUT2D eigenvalue weighted by Crippen LogP contribution is -2.44. The van der Waals surface area contributed by atoms with E-state index in [9.17, 15) is 9.59 Å². The van der Waals surface area contributed by atoms with E-state index < -0.39 is 0 Å². The summed E-state index contributed by atoms with van der Waals surface area (Å²) in [5.74, 6) is 1.24. The summed E-state index contributed by atoms with van der Waals surface area (Å²) >= 11 is 0. The second-order valence-corrected chi connectivity index (χ2v) is 9.63. The second kappa shape index (κ2) is 12.5. The number of carbonyl (C=O) groups is 2. The van der Waals surface area contributed by atoms with Crippen LogP contribution in [0.3, 0.4) is 0 Å². The van der Waals surface area contributed by atoms with Gasteiger partial charge in [0, 0.05) is 44.7 Å². The lowest BCUT2D eigenvalue weighted by atomic mass is 10.1. The van der Waals surface area contributed by atoms with Gasteiger partial charge in [-0.15, -0.1) is 10.2 Å². The van der Waals surface area contributed by atoms with Crippen LogP contribution in [0.15, 0.2) is 36.4 Å². The first-order valence-electron chi connectivity index (χ1n) is 12.6. The van der Waals surface area contributed by atoms with Gasteiger partial charge in [-0.3, -0.25) is 9.59 Å². The van der Waals surface area contributed by atoms with Gasteiger partial charge in [-0.25, -0.2) is 0 Å². The zero-order valence-corrected chi connectivity index (χ0v) is 21.2. The highest BCUT2D eigenvalue weighted by molar-refractivity contribution is 5.85. The first-order chi connectivity index (χ1) is 16.4. The molecule has 7 nitrogen and oxygen atoms in total. The van der Waals surface area contributed by atoms with Crippen molar-refractivity contribution < 1.29 is 9.59 Å². The van der Waals surface area contributed by atoms with E-state index in [0.29, 0.717) is 32.6 Å². The summed E-state index contributed by atoms with van der Waals surface area (Å²) in [6.07, 6.45) is 3.27. The average molecular weight is 466 g/mol. The third kappa shape index (κ3) is 7.27. The summed E-state index contributed by atoms with van der Waals surface area (Å²) in [4.78, 5) is 31.6. The molecular formula is C27H39N5O2. The van der Waals surface area contributed by atoms with E-state index in [1.165, 1.54) is 5.56 Å². The molecule has 1 aliphatic heterocycles. The van der Waals surface area contributed by atoms with Crippen molar-refractivity contribution in [1.29, 1.82) is 0 Å². The van der Waals surface area contributed by atoms with E-state index in [0.717, 1.165) is 42.9 Å². The molecule has 1 aromatic heterocycles. The zero-order chi connectivity index (χ0) is 24.5. The second-order valence-electron chi connectivity index (χ2n) is 9.63. The smallest absolute Gasteiger partial charge is 0.242 e. The van der Waals surface area contributed by atoms with Gasteiger partial charge in [-0.1, -0.05) is 57.0 Å². The van der Waals surface area contributed by atoms with E-state index in [1.54, 1.807) is 4.90 Å². The fourth-order valence-electron chi connectivity index (χ4n) is 4.15. The van der Waals surface area contributed by atoms with Crippen LogP contribution in [0.1, 0.15) is 52.0 Å². The average Bonchev–Trinajstić information content (AvgIpc) is 3.08. The Hall–Kier alpha value is -2.96. The summed E-state index contributed by atoms with van der Waals surface area (Å²) in [6, 6.07) is 12.3. The first-order valence-corrected chi connectivity index (χ1v) is 12.6. The highest BCUT2D eigenvalue weighted by atomic mass is 16.2. The van der Waals surface area contributed by atoms with Crippen LogP contribution in [0.5, 0.6) is 0 Å². The molecule has 2 amide bonds. The summed E-state index contributed by atoms with van der Waals surface area (Å²) in [7, 11) is 0. The molecule has 2 heterocycles. The van der Waals surface area contributed by atoms with Crippen LogP contribution < -0.4 is 4.90 Å². The molecule has 0 N–H and O–H groups in total. The summed E-state index contributed by atoms with van der Waals surface area (Å²) in [5.41, 5.74) is 3.13. The maximum absolute atomic E-state index is 13.1. The third-order valence-corrected chi connectivity index (χ3v) is 6.21. The quantitative estimate of drug-likeness (QED) is 0.556. The predicted molar refractivity (Wildman–Crippen MR) is 137 cm³/mol. The van der Waals surface area contributed by atoms with Gasteiger partial charge in [0.1, 0.15) is 0 Å². The lowest BCUT2D eigenvalue weighted by Gasteiger charge is -2.27. The van der Waals surface area contributed by atoms with Crippen molar-refractivity contribution in [1.82, 2.24) is 20.0 Å². The van der Waals surface area contributed by atoms with E-state index >= 15 is 0 Å². The van der Waals surface area contributed by atoms with Crippen LogP contribution in [0, 0.1) is 12.8 Å². The molecule has 34 heavy (non-hydrogen) atoms. The molecule has 0 saturated carbocycles. The number of amides is 2. The monoisotopic (exact) mass is 465 g/mol. The van der Waals surface area contributed by atoms with Crippen molar-refractivity contribution in [3.05, 3.63) is 42.0 Å². The lowest BCUT2D eigenvalue weighted by molar-refractivity contribution is -0.140. The number of carbonyl (C=O) groups excluding carboxylic acids is 2. The Kier molecular flexibility index (Phi) is 9.42. The molecule has 1 saturated heterocycles. The standard InChI is InChI=1S/C27H39N5O2/c1-5-6-14-32(26(33)19-21(2)3)20-27(34)31-16-7-15-30(17-18-31)25-13-12-24(28-29-25)23-10-8-22(4)9-11-23/h8-13,21H,5-7,14-20H2,1-4H3. The zero-order valence-electron chi connectivity index (χ0n) is 21.2. The molecule has 1 aromatic carbocycles. The topological polar surface area (TPSA) is 69.6 Å². The van der Waals surface area contributed by atoms with Crippen molar-refractivity contribution in [3.8, 4) is 11.3 Å². The van der Waals surface area contributed by atoms with Gasteiger partial charge in [0.25, 0.3) is 0 Å². The van der Waals surface area contributed by atoms with Crippen molar-refractivity contribution in [3.63, 3.8) is 0 Å². The van der Waals surface area contributed by atoms with Gasteiger partial charge < -0.3 is 14.7 Å². The fraction of sp³-hybridized carbons (Fsp3) is 0.556. The molecule has 0 radical (unpaired) electrons. The van der Waals surface area contributed by atoms with Gasteiger partial charge in [-0.2, -0.15) is 0 Å². The van der Waals surface area contributed by atoms with Gasteiger partial charge in [0.2, 0.25) is 11.8 Å². The SMILES string of the molecule is CCCCN(CC(=O)N1CCCN(c2ccc(-c3ccc(C)cc3)nn2)CC1)C(=O)CC(C)C. The molecule has 184 valence electrons. The molecule has 3 rings (SSSR count). The molecule has 0 bridgehead atoms. The minimum absolute atomic E-state index is 0.0378. The molecule has 1 aliphatic rings. The Morgan fingerprint density at radius 1 is 1.00 bits per heavy atom. The van der Waals surface area contributed by atoms with Gasteiger partial charge >= 0.3 is 0 Å². The molecule has 7 heteroatoms. The minimum Gasteiger partial charge on any atom is -0.353 e. The number of hydrogen-bond donors (Lipinski definition) is 0. The Labute approximate surface area is 204 Å². The number of nitrogens with zero attached hydrogens (tertiary/aromatic N) is 5. The van der Waals surface area contributed by atoms with Crippen molar-refractivity contribution in [2.24, 2.45) is 5.92 Å². The number of unbranched alkanes of at least 4 members (excludes halogenated alkanes) is 1. The maximum atomic E-state index is 13.1. The molecular weight excluding hydrogens is 426 g/mol. The minimum atomic E-state index is 0.0378. The largest absolute Gasteiger partial charge is 0.353 e. The van der Waals surface area contributed by atoms with Crippen molar-refractivity contribution in [2.75, 3.05) is 44.2 Å². The molecule has 0 unspecified atom stereocenters. The number of anilines is 1. The van der Waals surface area contributed by atoms with E-state index in [2.05, 4.69) is 53.2 Å². The molecule has 2 aromatic rings. The van der Waals surface area contributed by atoms with Crippen molar-refractivity contribution in [2.45, 2.75) is 53.4 Å². The van der Waals surface area contributed by atoms with Crippen LogP contribution in [0.25, 0.3) is 11.3 Å². The molecule has 0 spiro atoms. The highest BCUT2D eigenvalue weighted by Crippen LogP contribution is 2.20. The van der Waals surface area contributed by atoms with Crippen LogP contribution in [-0.4, -0.2) is 71.1 Å². The van der Waals surface area contributed by atoms with Crippen molar-refractivity contribution >= 4 is 17.6 Å². The van der Waals surface area contributed by atoms with E-state index in [-0.39, 0.29) is 24.3 Å². The van der Waals surface area contributed by atoms with Crippen LogP contribution in [-0.2, 0) is 9.59 Å². The summed E-state index contributed by atoms with van der Waals surface area (Å²) < 4.78 is 0. The van der Waals surface area contributed by atoms with Gasteiger partial charge in [0.05, 0.1) is 12.2 Å².